The molecule has 1 aliphatic carbocycles. The molecule has 2 heterocycles. The Labute approximate surface area is 158 Å². The molecule has 1 amide bonds. The Morgan fingerprint density at radius 3 is 2.70 bits per heavy atom. The number of likely N-dealkylation sites (N-methyl/N-ethyl adjacent to an activating group) is 1. The van der Waals surface area contributed by atoms with Crippen LogP contribution in [0.5, 0.6) is 0 Å². The second-order valence-corrected chi connectivity index (χ2v) is 7.14. The van der Waals surface area contributed by atoms with E-state index in [9.17, 15) is 4.79 Å². The smallest absolute Gasteiger partial charge is 0.246 e. The molecule has 0 saturated heterocycles. The van der Waals surface area contributed by atoms with Crippen molar-refractivity contribution >= 4 is 5.91 Å². The highest BCUT2D eigenvalue weighted by atomic mass is 16.5. The Morgan fingerprint density at radius 1 is 1.26 bits per heavy atom. The van der Waals surface area contributed by atoms with Crippen molar-refractivity contribution < 1.29 is 9.32 Å². The highest BCUT2D eigenvalue weighted by molar-refractivity contribution is 5.79. The minimum Gasteiger partial charge on any atom is -0.337 e. The van der Waals surface area contributed by atoms with E-state index in [0.717, 1.165) is 41.3 Å². The summed E-state index contributed by atoms with van der Waals surface area (Å²) in [7, 11) is 1.76. The Morgan fingerprint density at radius 2 is 2.00 bits per heavy atom. The van der Waals surface area contributed by atoms with Crippen LogP contribution in [0.3, 0.4) is 0 Å². The van der Waals surface area contributed by atoms with Gasteiger partial charge in [0.05, 0.1) is 24.3 Å². The molecule has 7 heteroatoms. The van der Waals surface area contributed by atoms with Crippen LogP contribution in [0.2, 0.25) is 0 Å². The summed E-state index contributed by atoms with van der Waals surface area (Å²) in [5.74, 6) is 1.69. The predicted octanol–water partition coefficient (Wildman–Crippen LogP) is 2.95. The molecule has 1 aromatic carbocycles. The van der Waals surface area contributed by atoms with Gasteiger partial charge in [-0.3, -0.25) is 4.79 Å². The van der Waals surface area contributed by atoms with Crippen molar-refractivity contribution in [3.05, 3.63) is 59.0 Å². The first-order chi connectivity index (χ1) is 13.0. The molecule has 1 aliphatic rings. The summed E-state index contributed by atoms with van der Waals surface area (Å²) in [5.41, 5.74) is 3.80. The lowest BCUT2D eigenvalue weighted by Gasteiger charge is -2.15. The minimum absolute atomic E-state index is 0.0000152. The van der Waals surface area contributed by atoms with Crippen LogP contribution in [0.4, 0.5) is 0 Å². The van der Waals surface area contributed by atoms with Gasteiger partial charge in [-0.25, -0.2) is 4.68 Å². The van der Waals surface area contributed by atoms with Gasteiger partial charge in [0.1, 0.15) is 0 Å². The van der Waals surface area contributed by atoms with Crippen molar-refractivity contribution in [1.82, 2.24) is 24.8 Å². The first-order valence-electron chi connectivity index (χ1n) is 9.20. The topological polar surface area (TPSA) is 77.1 Å². The van der Waals surface area contributed by atoms with E-state index in [4.69, 9.17) is 4.52 Å². The number of aryl methyl sites for hydroxylation is 1. The number of para-hydroxylation sites is 1. The Hall–Kier alpha value is -2.96. The standard InChI is InChI=1S/C20H23N5O2/c1-13-17(14(2)25(22-13)16-7-5-4-6-8-16)11-19(26)24(3)12-18-21-20(23-27-18)15-9-10-15/h4-8,15H,9-12H2,1-3H3. The molecule has 4 rings (SSSR count). The first-order valence-corrected chi connectivity index (χ1v) is 9.20. The van der Waals surface area contributed by atoms with Crippen LogP contribution in [0.15, 0.2) is 34.9 Å². The lowest BCUT2D eigenvalue weighted by molar-refractivity contribution is -0.130. The van der Waals surface area contributed by atoms with Crippen molar-refractivity contribution in [1.29, 1.82) is 0 Å². The predicted molar refractivity (Wildman–Crippen MR) is 99.5 cm³/mol. The molecule has 0 bridgehead atoms. The fourth-order valence-corrected chi connectivity index (χ4v) is 3.17. The van der Waals surface area contributed by atoms with Gasteiger partial charge in [-0.1, -0.05) is 23.4 Å². The van der Waals surface area contributed by atoms with Crippen molar-refractivity contribution in [2.24, 2.45) is 0 Å². The summed E-state index contributed by atoms with van der Waals surface area (Å²) in [4.78, 5) is 18.7. The summed E-state index contributed by atoms with van der Waals surface area (Å²) in [6, 6.07) is 9.94. The number of nitrogens with zero attached hydrogens (tertiary/aromatic N) is 5. The summed E-state index contributed by atoms with van der Waals surface area (Å²) < 4.78 is 7.16. The first kappa shape index (κ1) is 17.5. The summed E-state index contributed by atoms with van der Waals surface area (Å²) in [6.07, 6.45) is 2.54. The van der Waals surface area contributed by atoms with Crippen LogP contribution in [0.25, 0.3) is 5.69 Å². The lowest BCUT2D eigenvalue weighted by atomic mass is 10.1. The zero-order valence-corrected chi connectivity index (χ0v) is 15.8. The van der Waals surface area contributed by atoms with Crippen molar-refractivity contribution in [3.8, 4) is 5.69 Å². The van der Waals surface area contributed by atoms with E-state index in [1.807, 2.05) is 48.9 Å². The van der Waals surface area contributed by atoms with Crippen molar-refractivity contribution in [2.75, 3.05) is 7.05 Å². The van der Waals surface area contributed by atoms with E-state index in [-0.39, 0.29) is 5.91 Å². The van der Waals surface area contributed by atoms with Gasteiger partial charge < -0.3 is 9.42 Å². The monoisotopic (exact) mass is 365 g/mol. The van der Waals surface area contributed by atoms with Gasteiger partial charge in [0, 0.05) is 24.2 Å². The molecule has 1 fully saturated rings. The molecule has 0 radical (unpaired) electrons. The van der Waals surface area contributed by atoms with Gasteiger partial charge in [-0.15, -0.1) is 0 Å². The fraction of sp³-hybridized carbons (Fsp3) is 0.400. The SMILES string of the molecule is Cc1nn(-c2ccccc2)c(C)c1CC(=O)N(C)Cc1nc(C2CC2)no1. The number of rotatable bonds is 6. The quantitative estimate of drug-likeness (QED) is 0.671. The molecule has 1 saturated carbocycles. The van der Waals surface area contributed by atoms with Gasteiger partial charge >= 0.3 is 0 Å². The van der Waals surface area contributed by atoms with Crippen LogP contribution < -0.4 is 0 Å². The summed E-state index contributed by atoms with van der Waals surface area (Å²) in [5, 5.41) is 8.61. The van der Waals surface area contributed by atoms with E-state index in [2.05, 4.69) is 15.2 Å². The zero-order chi connectivity index (χ0) is 19.0. The molecule has 7 nitrogen and oxygen atoms in total. The Bertz CT molecular complexity index is 956. The Kier molecular flexibility index (Phi) is 4.51. The van der Waals surface area contributed by atoms with E-state index < -0.39 is 0 Å². The molecule has 0 spiro atoms. The zero-order valence-electron chi connectivity index (χ0n) is 15.8. The highest BCUT2D eigenvalue weighted by Crippen LogP contribution is 2.38. The number of benzene rings is 1. The third kappa shape index (κ3) is 3.63. The van der Waals surface area contributed by atoms with Gasteiger partial charge in [0.25, 0.3) is 0 Å². The largest absolute Gasteiger partial charge is 0.337 e. The maximum atomic E-state index is 12.7. The molecular weight excluding hydrogens is 342 g/mol. The van der Waals surface area contributed by atoms with Gasteiger partial charge in [0.2, 0.25) is 11.8 Å². The van der Waals surface area contributed by atoms with Crippen molar-refractivity contribution in [2.45, 2.75) is 45.6 Å². The molecule has 0 N–H and O–H groups in total. The van der Waals surface area contributed by atoms with Crippen molar-refractivity contribution in [3.63, 3.8) is 0 Å². The molecule has 0 atom stereocenters. The third-order valence-corrected chi connectivity index (χ3v) is 4.99. The third-order valence-electron chi connectivity index (χ3n) is 4.99. The molecule has 27 heavy (non-hydrogen) atoms. The fourth-order valence-electron chi connectivity index (χ4n) is 3.17. The number of hydrogen-bond acceptors (Lipinski definition) is 5. The van der Waals surface area contributed by atoms with E-state index in [1.54, 1.807) is 11.9 Å². The van der Waals surface area contributed by atoms with E-state index >= 15 is 0 Å². The molecule has 0 aliphatic heterocycles. The van der Waals surface area contributed by atoms with Crippen LogP contribution in [-0.2, 0) is 17.8 Å². The maximum absolute atomic E-state index is 12.7. The van der Waals surface area contributed by atoms with Gasteiger partial charge in [-0.2, -0.15) is 10.1 Å². The number of hydrogen-bond donors (Lipinski definition) is 0. The summed E-state index contributed by atoms with van der Waals surface area (Å²) in [6.45, 7) is 4.26. The molecule has 2 aromatic heterocycles. The molecule has 0 unspecified atom stereocenters. The Balaban J connectivity index is 1.46. The number of carbonyl (C=O) groups is 1. The van der Waals surface area contributed by atoms with Crippen LogP contribution in [-0.4, -0.2) is 37.8 Å². The number of carbonyl (C=O) groups excluding carboxylic acids is 1. The van der Waals surface area contributed by atoms with Crippen LogP contribution in [0, 0.1) is 13.8 Å². The summed E-state index contributed by atoms with van der Waals surface area (Å²) >= 11 is 0. The van der Waals surface area contributed by atoms with Crippen LogP contribution >= 0.6 is 0 Å². The number of aromatic nitrogens is 4. The average molecular weight is 365 g/mol. The van der Waals surface area contributed by atoms with E-state index in [1.165, 1.54) is 0 Å². The molecule has 3 aromatic rings. The minimum atomic E-state index is -0.0000152. The van der Waals surface area contributed by atoms with Crippen LogP contribution in [0.1, 0.15) is 47.4 Å². The number of amides is 1. The highest BCUT2D eigenvalue weighted by Gasteiger charge is 2.29. The maximum Gasteiger partial charge on any atom is 0.246 e. The normalized spacial score (nSPS) is 13.7. The lowest BCUT2D eigenvalue weighted by Crippen LogP contribution is -2.28. The van der Waals surface area contributed by atoms with E-state index in [0.29, 0.717) is 24.8 Å². The van der Waals surface area contributed by atoms with Gasteiger partial charge in [-0.05, 0) is 38.8 Å². The second-order valence-electron chi connectivity index (χ2n) is 7.14. The van der Waals surface area contributed by atoms with Gasteiger partial charge in [0.15, 0.2) is 5.82 Å². The molecule has 140 valence electrons. The molecular formula is C20H23N5O2. The second kappa shape index (κ2) is 6.98. The average Bonchev–Trinajstić information content (AvgIpc) is 3.36.